The van der Waals surface area contributed by atoms with Crippen LogP contribution in [0.25, 0.3) is 0 Å². The van der Waals surface area contributed by atoms with E-state index in [2.05, 4.69) is 14.9 Å². The molecule has 1 aromatic carbocycles. The van der Waals surface area contributed by atoms with E-state index >= 15 is 0 Å². The second-order valence-electron chi connectivity index (χ2n) is 7.47. The van der Waals surface area contributed by atoms with E-state index in [1.54, 1.807) is 18.6 Å². The number of rotatable bonds is 3. The van der Waals surface area contributed by atoms with Gasteiger partial charge in [-0.15, -0.1) is 0 Å². The first kappa shape index (κ1) is 17.1. The number of carbonyl (C=O) groups is 1. The van der Waals surface area contributed by atoms with Gasteiger partial charge in [-0.3, -0.25) is 14.7 Å². The van der Waals surface area contributed by atoms with Gasteiger partial charge in [0, 0.05) is 32.0 Å². The largest absolute Gasteiger partial charge is 0.337 e. The number of aromatic nitrogens is 2. The van der Waals surface area contributed by atoms with Crippen molar-refractivity contribution in [1.82, 2.24) is 19.8 Å². The Hall–Kier alpha value is -2.34. The van der Waals surface area contributed by atoms with E-state index in [-0.39, 0.29) is 17.1 Å². The molecular weight excluding hydrogens is 331 g/mol. The molecule has 0 unspecified atom stereocenters. The molecule has 0 radical (unpaired) electrons. The third-order valence-corrected chi connectivity index (χ3v) is 5.74. The average Bonchev–Trinajstić information content (AvgIpc) is 3.09. The number of benzene rings is 1. The maximum Gasteiger partial charge on any atom is 0.274 e. The first-order valence-corrected chi connectivity index (χ1v) is 9.16. The molecule has 1 aromatic heterocycles. The Bertz CT molecular complexity index is 757. The summed E-state index contributed by atoms with van der Waals surface area (Å²) in [5.74, 6) is -0.200. The van der Waals surface area contributed by atoms with Gasteiger partial charge < -0.3 is 4.90 Å². The molecule has 3 heterocycles. The highest BCUT2D eigenvalue weighted by Gasteiger charge is 2.42. The van der Waals surface area contributed by atoms with Gasteiger partial charge in [0.15, 0.2) is 0 Å². The van der Waals surface area contributed by atoms with E-state index in [9.17, 15) is 9.18 Å². The van der Waals surface area contributed by atoms with Gasteiger partial charge in [0.1, 0.15) is 11.5 Å². The summed E-state index contributed by atoms with van der Waals surface area (Å²) >= 11 is 0. The Kier molecular flexibility index (Phi) is 4.68. The Morgan fingerprint density at radius 1 is 1.08 bits per heavy atom. The lowest BCUT2D eigenvalue weighted by Crippen LogP contribution is -2.42. The van der Waals surface area contributed by atoms with Crippen molar-refractivity contribution in [1.29, 1.82) is 0 Å². The van der Waals surface area contributed by atoms with Crippen LogP contribution in [0.1, 0.15) is 35.3 Å². The number of halogens is 1. The third kappa shape index (κ3) is 3.60. The standard InChI is InChI=1S/C20H23FN4O/c21-17-3-1-16(2-4-17)14-24-10-5-20(6-11-24)7-12-25(15-20)19(26)18-13-22-8-9-23-18/h1-4,8-9,13H,5-7,10-12,14-15H2. The molecule has 0 N–H and O–H groups in total. The molecule has 1 spiro atoms. The van der Waals surface area contributed by atoms with Crippen LogP contribution in [0.2, 0.25) is 0 Å². The predicted octanol–water partition coefficient (Wildman–Crippen LogP) is 2.74. The summed E-state index contributed by atoms with van der Waals surface area (Å²) in [6.45, 7) is 4.51. The number of piperidine rings is 1. The summed E-state index contributed by atoms with van der Waals surface area (Å²) < 4.78 is 13.0. The first-order chi connectivity index (χ1) is 12.6. The van der Waals surface area contributed by atoms with E-state index < -0.39 is 0 Å². The minimum absolute atomic E-state index is 0.0104. The lowest BCUT2D eigenvalue weighted by Gasteiger charge is -2.39. The van der Waals surface area contributed by atoms with Crippen molar-refractivity contribution in [3.8, 4) is 0 Å². The fourth-order valence-corrected chi connectivity index (χ4v) is 4.12. The third-order valence-electron chi connectivity index (χ3n) is 5.74. The molecule has 5 nitrogen and oxygen atoms in total. The summed E-state index contributed by atoms with van der Waals surface area (Å²) in [6.07, 6.45) is 7.94. The van der Waals surface area contributed by atoms with Gasteiger partial charge in [0.25, 0.3) is 5.91 Å². The summed E-state index contributed by atoms with van der Waals surface area (Å²) in [5.41, 5.74) is 1.81. The van der Waals surface area contributed by atoms with E-state index in [1.165, 1.54) is 12.1 Å². The number of amides is 1. The van der Waals surface area contributed by atoms with Crippen LogP contribution < -0.4 is 0 Å². The van der Waals surface area contributed by atoms with Crippen molar-refractivity contribution in [2.45, 2.75) is 25.8 Å². The molecule has 2 aliphatic heterocycles. The fraction of sp³-hybridized carbons (Fsp3) is 0.450. The molecule has 2 fully saturated rings. The number of hydrogen-bond donors (Lipinski definition) is 0. The average molecular weight is 354 g/mol. The van der Waals surface area contributed by atoms with Crippen molar-refractivity contribution in [3.05, 3.63) is 59.9 Å². The monoisotopic (exact) mass is 354 g/mol. The maximum absolute atomic E-state index is 13.0. The normalized spacial score (nSPS) is 19.8. The first-order valence-electron chi connectivity index (χ1n) is 9.16. The highest BCUT2D eigenvalue weighted by molar-refractivity contribution is 5.92. The van der Waals surface area contributed by atoms with Crippen LogP contribution in [0.3, 0.4) is 0 Å². The second kappa shape index (κ2) is 7.11. The lowest BCUT2D eigenvalue weighted by molar-refractivity contribution is 0.0708. The zero-order valence-electron chi connectivity index (χ0n) is 14.8. The SMILES string of the molecule is O=C(c1cnccn1)N1CCC2(CCN(Cc3ccc(F)cc3)CC2)C1. The summed E-state index contributed by atoms with van der Waals surface area (Å²) in [6, 6.07) is 6.76. The van der Waals surface area contributed by atoms with Crippen molar-refractivity contribution in [2.24, 2.45) is 5.41 Å². The van der Waals surface area contributed by atoms with E-state index in [4.69, 9.17) is 0 Å². The van der Waals surface area contributed by atoms with Gasteiger partial charge in [0.2, 0.25) is 0 Å². The summed E-state index contributed by atoms with van der Waals surface area (Å²) in [4.78, 5) is 25.1. The topological polar surface area (TPSA) is 49.3 Å². The van der Waals surface area contributed by atoms with Crippen LogP contribution in [-0.4, -0.2) is 51.9 Å². The Morgan fingerprint density at radius 2 is 1.81 bits per heavy atom. The Labute approximate surface area is 152 Å². The van der Waals surface area contributed by atoms with Gasteiger partial charge in [-0.05, 0) is 55.5 Å². The quantitative estimate of drug-likeness (QED) is 0.850. The molecule has 1 amide bonds. The zero-order chi connectivity index (χ0) is 18.0. The van der Waals surface area contributed by atoms with Crippen molar-refractivity contribution < 1.29 is 9.18 Å². The van der Waals surface area contributed by atoms with E-state index in [0.29, 0.717) is 5.69 Å². The highest BCUT2D eigenvalue weighted by Crippen LogP contribution is 2.40. The molecule has 4 rings (SSSR count). The molecule has 0 saturated carbocycles. The van der Waals surface area contributed by atoms with Crippen LogP contribution >= 0.6 is 0 Å². The van der Waals surface area contributed by atoms with Gasteiger partial charge in [-0.2, -0.15) is 0 Å². The van der Waals surface area contributed by atoms with Crippen LogP contribution in [0.4, 0.5) is 4.39 Å². The van der Waals surface area contributed by atoms with E-state index in [0.717, 1.165) is 57.5 Å². The molecule has 0 aliphatic carbocycles. The lowest BCUT2D eigenvalue weighted by atomic mass is 9.77. The minimum atomic E-state index is -0.190. The molecule has 26 heavy (non-hydrogen) atoms. The molecule has 2 saturated heterocycles. The second-order valence-corrected chi connectivity index (χ2v) is 7.47. The number of hydrogen-bond acceptors (Lipinski definition) is 4. The van der Waals surface area contributed by atoms with Crippen LogP contribution in [-0.2, 0) is 6.54 Å². The van der Waals surface area contributed by atoms with Gasteiger partial charge in [-0.1, -0.05) is 12.1 Å². The predicted molar refractivity (Wildman–Crippen MR) is 95.9 cm³/mol. The Balaban J connectivity index is 1.33. The molecular formula is C20H23FN4O. The smallest absolute Gasteiger partial charge is 0.274 e. The molecule has 6 heteroatoms. The van der Waals surface area contributed by atoms with Crippen LogP contribution in [0, 0.1) is 11.2 Å². The number of carbonyl (C=O) groups excluding carboxylic acids is 1. The number of likely N-dealkylation sites (tertiary alicyclic amines) is 2. The van der Waals surface area contributed by atoms with Gasteiger partial charge in [0.05, 0.1) is 6.20 Å². The van der Waals surface area contributed by atoms with Crippen molar-refractivity contribution in [3.63, 3.8) is 0 Å². The molecule has 0 atom stereocenters. The maximum atomic E-state index is 13.0. The fourth-order valence-electron chi connectivity index (χ4n) is 4.12. The van der Waals surface area contributed by atoms with Crippen LogP contribution in [0.15, 0.2) is 42.9 Å². The van der Waals surface area contributed by atoms with Crippen molar-refractivity contribution in [2.75, 3.05) is 26.2 Å². The minimum Gasteiger partial charge on any atom is -0.337 e. The van der Waals surface area contributed by atoms with Crippen molar-refractivity contribution >= 4 is 5.91 Å². The molecule has 2 aliphatic rings. The van der Waals surface area contributed by atoms with Gasteiger partial charge >= 0.3 is 0 Å². The zero-order valence-corrected chi connectivity index (χ0v) is 14.8. The Morgan fingerprint density at radius 3 is 2.50 bits per heavy atom. The van der Waals surface area contributed by atoms with E-state index in [1.807, 2.05) is 17.0 Å². The van der Waals surface area contributed by atoms with Crippen LogP contribution in [0.5, 0.6) is 0 Å². The molecule has 2 aromatic rings. The number of nitrogens with zero attached hydrogens (tertiary/aromatic N) is 4. The molecule has 0 bridgehead atoms. The summed E-state index contributed by atoms with van der Waals surface area (Å²) in [7, 11) is 0. The van der Waals surface area contributed by atoms with Gasteiger partial charge in [-0.25, -0.2) is 9.37 Å². The summed E-state index contributed by atoms with van der Waals surface area (Å²) in [5, 5.41) is 0. The highest BCUT2D eigenvalue weighted by atomic mass is 19.1. The molecule has 136 valence electrons.